The average Bonchev–Trinajstić information content (AvgIpc) is 3.69. The monoisotopic (exact) mass is 873 g/mol. The Morgan fingerprint density at radius 2 is 1.59 bits per heavy atom. The van der Waals surface area contributed by atoms with Crippen LogP contribution in [0.2, 0.25) is 0 Å². The number of hydrogen-bond donors (Lipinski definition) is 2. The molecule has 6 aliphatic rings. The summed E-state index contributed by atoms with van der Waals surface area (Å²) in [4.78, 5) is 38.4. The van der Waals surface area contributed by atoms with Crippen molar-refractivity contribution in [1.29, 1.82) is 5.41 Å². The topological polar surface area (TPSA) is 154 Å². The molecule has 0 radical (unpaired) electrons. The molecule has 63 heavy (non-hydrogen) atoms. The van der Waals surface area contributed by atoms with Crippen LogP contribution in [0.4, 0.5) is 32.1 Å². The maximum absolute atomic E-state index is 14.3. The van der Waals surface area contributed by atoms with Crippen LogP contribution in [0.25, 0.3) is 0 Å². The van der Waals surface area contributed by atoms with Gasteiger partial charge in [-0.1, -0.05) is 19.9 Å². The first-order chi connectivity index (χ1) is 30.5. The van der Waals surface area contributed by atoms with Crippen molar-refractivity contribution in [3.63, 3.8) is 0 Å². The van der Waals surface area contributed by atoms with Crippen LogP contribution >= 0.6 is 0 Å². The van der Waals surface area contributed by atoms with Gasteiger partial charge in [0.25, 0.3) is 0 Å². The number of benzene rings is 1. The van der Waals surface area contributed by atoms with Gasteiger partial charge in [0.05, 0.1) is 49.9 Å². The summed E-state index contributed by atoms with van der Waals surface area (Å²) in [6, 6.07) is 8.65. The van der Waals surface area contributed by atoms with Crippen molar-refractivity contribution < 1.29 is 32.9 Å². The number of carbonyl (C=O) groups is 2. The third-order valence-electron chi connectivity index (χ3n) is 12.7. The van der Waals surface area contributed by atoms with Crippen LogP contribution in [0, 0.1) is 25.1 Å². The van der Waals surface area contributed by atoms with Crippen LogP contribution in [0.3, 0.4) is 0 Å². The number of hydrogen-bond acceptors (Lipinski definition) is 12. The molecule has 0 atom stereocenters. The second kappa shape index (κ2) is 20.4. The van der Waals surface area contributed by atoms with Crippen LogP contribution in [0.5, 0.6) is 5.88 Å². The lowest BCUT2D eigenvalue weighted by molar-refractivity contribution is -0.129. The Balaban J connectivity index is 0.000000182. The van der Waals surface area contributed by atoms with Gasteiger partial charge in [-0.2, -0.15) is 5.10 Å². The molecule has 17 heteroatoms. The molecule has 0 saturated carbocycles. The van der Waals surface area contributed by atoms with Gasteiger partial charge in [0.1, 0.15) is 23.9 Å². The maximum Gasteiger partial charge on any atom is 0.409 e. The Morgan fingerprint density at radius 1 is 0.873 bits per heavy atom. The predicted octanol–water partition coefficient (Wildman–Crippen LogP) is 6.26. The zero-order chi connectivity index (χ0) is 44.8. The molecule has 342 valence electrons. The Morgan fingerprint density at radius 3 is 2.30 bits per heavy atom. The van der Waals surface area contributed by atoms with Gasteiger partial charge in [0.15, 0.2) is 5.82 Å². The van der Waals surface area contributed by atoms with Crippen LogP contribution in [-0.2, 0) is 32.0 Å². The number of fused-ring (bicyclic) bond motifs is 3. The van der Waals surface area contributed by atoms with E-state index in [-0.39, 0.29) is 30.0 Å². The van der Waals surface area contributed by atoms with Crippen molar-refractivity contribution in [2.24, 2.45) is 0 Å². The smallest absolute Gasteiger partial charge is 0.409 e. The summed E-state index contributed by atoms with van der Waals surface area (Å²) < 4.78 is 38.1. The summed E-state index contributed by atoms with van der Waals surface area (Å²) in [6.45, 7) is 17.1. The van der Waals surface area contributed by atoms with Gasteiger partial charge in [-0.15, -0.1) is 0 Å². The van der Waals surface area contributed by atoms with E-state index < -0.39 is 11.9 Å². The summed E-state index contributed by atoms with van der Waals surface area (Å²) in [6.07, 6.45) is 4.81. The Kier molecular flexibility index (Phi) is 14.8. The summed E-state index contributed by atoms with van der Waals surface area (Å²) >= 11 is 0. The molecule has 3 aromatic rings. The lowest BCUT2D eigenvalue weighted by atomic mass is 10.0. The van der Waals surface area contributed by atoms with Crippen molar-refractivity contribution in [1.82, 2.24) is 29.9 Å². The normalized spacial score (nSPS) is 19.1. The van der Waals surface area contributed by atoms with E-state index in [1.165, 1.54) is 41.4 Å². The highest BCUT2D eigenvalue weighted by Gasteiger charge is 2.35. The summed E-state index contributed by atoms with van der Waals surface area (Å²) in [7, 11) is 3.50. The molecule has 1 aromatic carbocycles. The molecular formula is C46H65FN10O6. The van der Waals surface area contributed by atoms with E-state index in [2.05, 4.69) is 57.0 Å². The minimum atomic E-state index is -0.448. The molecule has 0 aliphatic carbocycles. The number of rotatable bonds is 5. The largest absolute Gasteiger partial charge is 0.474 e. The van der Waals surface area contributed by atoms with Gasteiger partial charge < -0.3 is 48.8 Å². The number of amidine groups is 1. The predicted molar refractivity (Wildman–Crippen MR) is 241 cm³/mol. The third kappa shape index (κ3) is 9.89. The van der Waals surface area contributed by atoms with Crippen molar-refractivity contribution in [2.45, 2.75) is 91.8 Å². The summed E-state index contributed by atoms with van der Waals surface area (Å²) in [5.41, 5.74) is 8.54. The van der Waals surface area contributed by atoms with E-state index in [0.717, 1.165) is 76.5 Å². The number of anilines is 4. The summed E-state index contributed by atoms with van der Waals surface area (Å²) in [5.74, 6) is 1.24. The van der Waals surface area contributed by atoms with Crippen LogP contribution in [0.15, 0.2) is 35.5 Å². The van der Waals surface area contributed by atoms with Gasteiger partial charge in [-0.25, -0.2) is 14.2 Å². The van der Waals surface area contributed by atoms with Gasteiger partial charge in [-0.05, 0) is 57.2 Å². The van der Waals surface area contributed by atoms with E-state index in [9.17, 15) is 14.0 Å². The number of ether oxygens (including phenoxy) is 4. The number of halogens is 1. The van der Waals surface area contributed by atoms with Crippen LogP contribution < -0.4 is 24.8 Å². The zero-order valence-electron chi connectivity index (χ0n) is 38.1. The first-order valence-electron chi connectivity index (χ1n) is 22.6. The highest BCUT2D eigenvalue weighted by Crippen LogP contribution is 2.42. The SMILES string of the molecule is CC.CC(=O)N1CCc2c(c(N3CCN(C)c4cc(C)ccc43)nn2C2CCOCC2)C1.COC(=O)N1CCC(NC2CCOCC2)=C(C(=N)N2CCOc3nc(C)c(F)cc32)C1. The maximum atomic E-state index is 14.3. The minimum absolute atomic E-state index is 0.139. The number of amides is 2. The van der Waals surface area contributed by atoms with E-state index >= 15 is 0 Å². The molecule has 2 amide bonds. The number of aryl methyl sites for hydroxylation is 2. The lowest BCUT2D eigenvalue weighted by Crippen LogP contribution is -2.47. The highest BCUT2D eigenvalue weighted by molar-refractivity contribution is 6.09. The molecule has 8 heterocycles. The average molecular weight is 873 g/mol. The summed E-state index contributed by atoms with van der Waals surface area (Å²) in [5, 5.41) is 17.8. The fraction of sp³-hybridized carbons (Fsp3) is 0.587. The standard InChI is InChI=1S/C23H31N5O2.C21H28FN5O4.C2H6/c1-16-4-5-21-22(14-16)25(3)10-11-27(21)23-19-15-26(17(2)29)9-6-20(19)28(24-23)18-7-12-30-13-8-18;1-13-16(22)11-18-20(24-13)31-10-7-27(18)19(23)15-12-26(21(28)29-2)6-3-17(15)25-14-4-8-30-9-5-14;1-2/h4-5,14,18H,6-13,15H2,1-3H3;11,14,23,25H,3-10,12H2,1-2H3;1-2H3. The van der Waals surface area contributed by atoms with Crippen molar-refractivity contribution in [3.05, 3.63) is 63.9 Å². The molecule has 2 aromatic heterocycles. The van der Waals surface area contributed by atoms with Crippen molar-refractivity contribution in [3.8, 4) is 5.88 Å². The molecule has 2 fully saturated rings. The van der Waals surface area contributed by atoms with E-state index in [1.54, 1.807) is 23.6 Å². The van der Waals surface area contributed by atoms with Gasteiger partial charge in [0, 0.05) is 114 Å². The van der Waals surface area contributed by atoms with Gasteiger partial charge in [-0.3, -0.25) is 14.9 Å². The molecule has 16 nitrogen and oxygen atoms in total. The van der Waals surface area contributed by atoms with Crippen molar-refractivity contribution in [2.75, 3.05) is 101 Å². The minimum Gasteiger partial charge on any atom is -0.474 e. The third-order valence-corrected chi connectivity index (χ3v) is 12.7. The van der Waals surface area contributed by atoms with E-state index in [0.29, 0.717) is 69.1 Å². The zero-order valence-corrected chi connectivity index (χ0v) is 38.1. The fourth-order valence-corrected chi connectivity index (χ4v) is 9.14. The Hall–Kier alpha value is -5.42. The van der Waals surface area contributed by atoms with Gasteiger partial charge in [0.2, 0.25) is 11.8 Å². The molecule has 0 spiro atoms. The lowest BCUT2D eigenvalue weighted by Gasteiger charge is -2.37. The molecule has 2 N–H and O–H groups in total. The van der Waals surface area contributed by atoms with E-state index in [4.69, 9.17) is 29.5 Å². The Labute approximate surface area is 370 Å². The molecule has 6 aliphatic heterocycles. The number of pyridine rings is 1. The molecule has 9 rings (SSSR count). The second-order valence-corrected chi connectivity index (χ2v) is 16.7. The van der Waals surface area contributed by atoms with E-state index in [1.807, 2.05) is 18.7 Å². The number of carbonyl (C=O) groups excluding carboxylic acids is 2. The first-order valence-corrected chi connectivity index (χ1v) is 22.6. The van der Waals surface area contributed by atoms with Crippen LogP contribution in [0.1, 0.15) is 81.4 Å². The first kappa shape index (κ1) is 45.6. The number of likely N-dealkylation sites (N-methyl/N-ethyl adjacent to an activating group) is 1. The number of nitrogens with one attached hydrogen (secondary N) is 2. The fourth-order valence-electron chi connectivity index (χ4n) is 9.14. The number of aromatic nitrogens is 3. The van der Waals surface area contributed by atoms with Gasteiger partial charge >= 0.3 is 6.09 Å². The molecular weight excluding hydrogens is 808 g/mol. The Bertz CT molecular complexity index is 2170. The van der Waals surface area contributed by atoms with Crippen LogP contribution in [-0.4, -0.2) is 135 Å². The molecule has 0 bridgehead atoms. The molecule has 0 unspecified atom stereocenters. The number of methoxy groups -OCH3 is 1. The number of nitrogens with zero attached hydrogens (tertiary/aromatic N) is 8. The highest BCUT2D eigenvalue weighted by atomic mass is 19.1. The van der Waals surface area contributed by atoms with Crippen molar-refractivity contribution >= 4 is 40.7 Å². The second-order valence-electron chi connectivity index (χ2n) is 16.7. The molecule has 2 saturated heterocycles. The quantitative estimate of drug-likeness (QED) is 0.220.